The Balaban J connectivity index is 1.81. The lowest BCUT2D eigenvalue weighted by molar-refractivity contribution is -0.133. The van der Waals surface area contributed by atoms with Crippen molar-refractivity contribution in [3.63, 3.8) is 0 Å². The molecule has 8 nitrogen and oxygen atoms in total. The van der Waals surface area contributed by atoms with Crippen LogP contribution in [0.1, 0.15) is 6.92 Å². The highest BCUT2D eigenvalue weighted by molar-refractivity contribution is 7.89. The van der Waals surface area contributed by atoms with Gasteiger partial charge in [-0.3, -0.25) is 9.59 Å². The van der Waals surface area contributed by atoms with Gasteiger partial charge < -0.3 is 15.4 Å². The second-order valence-electron chi connectivity index (χ2n) is 6.39. The van der Waals surface area contributed by atoms with Crippen molar-refractivity contribution in [3.8, 4) is 11.5 Å². The highest BCUT2D eigenvalue weighted by Crippen LogP contribution is 2.26. The number of para-hydroxylation sites is 1. The number of hydrogen-bond donors (Lipinski definition) is 1. The van der Waals surface area contributed by atoms with Crippen molar-refractivity contribution in [2.45, 2.75) is 17.9 Å². The summed E-state index contributed by atoms with van der Waals surface area (Å²) in [5, 5.41) is 0. The number of piperazine rings is 1. The fourth-order valence-electron chi connectivity index (χ4n) is 3.01. The third-order valence-corrected chi connectivity index (χ3v) is 6.44. The van der Waals surface area contributed by atoms with Gasteiger partial charge in [0.1, 0.15) is 17.5 Å². The molecule has 1 unspecified atom stereocenters. The number of primary amides is 1. The van der Waals surface area contributed by atoms with E-state index in [1.807, 2.05) is 18.2 Å². The van der Waals surface area contributed by atoms with Gasteiger partial charge in [-0.15, -0.1) is 0 Å². The number of benzene rings is 2. The first kappa shape index (κ1) is 19.8. The Labute approximate surface area is 163 Å². The van der Waals surface area contributed by atoms with E-state index in [0.29, 0.717) is 11.5 Å². The van der Waals surface area contributed by atoms with Gasteiger partial charge in [0.2, 0.25) is 21.8 Å². The van der Waals surface area contributed by atoms with Crippen molar-refractivity contribution in [2.75, 3.05) is 19.6 Å². The van der Waals surface area contributed by atoms with Gasteiger partial charge in [0.15, 0.2) is 0 Å². The van der Waals surface area contributed by atoms with E-state index in [9.17, 15) is 18.0 Å². The van der Waals surface area contributed by atoms with E-state index < -0.39 is 22.0 Å². The minimum Gasteiger partial charge on any atom is -0.457 e. The van der Waals surface area contributed by atoms with E-state index >= 15 is 0 Å². The first-order valence-electron chi connectivity index (χ1n) is 8.68. The quantitative estimate of drug-likeness (QED) is 0.806. The summed E-state index contributed by atoms with van der Waals surface area (Å²) in [5.41, 5.74) is 5.40. The molecule has 0 spiro atoms. The Kier molecular flexibility index (Phi) is 5.66. The van der Waals surface area contributed by atoms with Crippen molar-refractivity contribution >= 4 is 21.8 Å². The first-order valence-corrected chi connectivity index (χ1v) is 10.1. The Morgan fingerprint density at radius 3 is 2.18 bits per heavy atom. The molecule has 0 bridgehead atoms. The van der Waals surface area contributed by atoms with Crippen LogP contribution in [0.15, 0.2) is 59.5 Å². The molecule has 2 amide bonds. The third kappa shape index (κ3) is 4.15. The number of carbonyl (C=O) groups is 2. The molecule has 2 aromatic rings. The number of ether oxygens (including phenoxy) is 1. The lowest BCUT2D eigenvalue weighted by Crippen LogP contribution is -2.60. The zero-order chi connectivity index (χ0) is 20.3. The van der Waals surface area contributed by atoms with Crippen LogP contribution in [-0.4, -0.2) is 55.1 Å². The molecule has 9 heteroatoms. The van der Waals surface area contributed by atoms with Crippen molar-refractivity contribution in [1.82, 2.24) is 9.21 Å². The molecule has 2 N–H and O–H groups in total. The van der Waals surface area contributed by atoms with Crippen LogP contribution in [0.4, 0.5) is 0 Å². The van der Waals surface area contributed by atoms with Crippen molar-refractivity contribution < 1.29 is 22.7 Å². The smallest absolute Gasteiger partial charge is 0.243 e. The van der Waals surface area contributed by atoms with Crippen molar-refractivity contribution in [3.05, 3.63) is 54.6 Å². The molecule has 1 fully saturated rings. The molecule has 0 aliphatic carbocycles. The van der Waals surface area contributed by atoms with Gasteiger partial charge in [-0.05, 0) is 36.4 Å². The Hall–Kier alpha value is -2.91. The van der Waals surface area contributed by atoms with Gasteiger partial charge in [-0.2, -0.15) is 4.31 Å². The SMILES string of the molecule is CC(=O)N1CCN(S(=O)(=O)c2ccc(Oc3ccccc3)cc2)C(C(N)=O)C1. The number of sulfonamides is 1. The Bertz CT molecular complexity index is 961. The number of hydrogen-bond acceptors (Lipinski definition) is 5. The zero-order valence-corrected chi connectivity index (χ0v) is 16.1. The van der Waals surface area contributed by atoms with E-state index in [1.165, 1.54) is 24.0 Å². The van der Waals surface area contributed by atoms with Gasteiger partial charge in [-0.25, -0.2) is 8.42 Å². The maximum atomic E-state index is 13.0. The standard InChI is InChI=1S/C19H21N3O5S/c1-14(23)21-11-12-22(18(13-21)19(20)24)28(25,26)17-9-7-16(8-10-17)27-15-5-3-2-4-6-15/h2-10,18H,11-13H2,1H3,(H2,20,24). The maximum Gasteiger partial charge on any atom is 0.243 e. The zero-order valence-electron chi connectivity index (χ0n) is 15.3. The fraction of sp³-hybridized carbons (Fsp3) is 0.263. The van der Waals surface area contributed by atoms with Crippen molar-refractivity contribution in [1.29, 1.82) is 0 Å². The molecule has 0 aromatic heterocycles. The predicted molar refractivity (Wildman–Crippen MR) is 102 cm³/mol. The van der Waals surface area contributed by atoms with Crippen LogP contribution >= 0.6 is 0 Å². The maximum absolute atomic E-state index is 13.0. The molecule has 2 aromatic carbocycles. The number of rotatable bonds is 5. The van der Waals surface area contributed by atoms with Gasteiger partial charge in [0.05, 0.1) is 4.90 Å². The number of nitrogens with zero attached hydrogens (tertiary/aromatic N) is 2. The highest BCUT2D eigenvalue weighted by Gasteiger charge is 2.39. The van der Waals surface area contributed by atoms with E-state index in [1.54, 1.807) is 24.3 Å². The van der Waals surface area contributed by atoms with Crippen LogP contribution in [0.5, 0.6) is 11.5 Å². The summed E-state index contributed by atoms with van der Waals surface area (Å²) in [5.74, 6) is 0.0922. The summed E-state index contributed by atoms with van der Waals surface area (Å²) in [7, 11) is -3.96. The number of carbonyl (C=O) groups excluding carboxylic acids is 2. The van der Waals surface area contributed by atoms with Gasteiger partial charge in [-0.1, -0.05) is 18.2 Å². The molecular weight excluding hydrogens is 382 g/mol. The van der Waals surface area contributed by atoms with E-state index in [0.717, 1.165) is 4.31 Å². The average Bonchev–Trinajstić information content (AvgIpc) is 2.68. The number of amides is 2. The Morgan fingerprint density at radius 2 is 1.61 bits per heavy atom. The molecule has 1 aliphatic heterocycles. The van der Waals surface area contributed by atoms with Gasteiger partial charge in [0.25, 0.3) is 0 Å². The minimum absolute atomic E-state index is 0.00220. The van der Waals surface area contributed by atoms with E-state index in [4.69, 9.17) is 10.5 Å². The molecule has 1 atom stereocenters. The van der Waals surface area contributed by atoms with Crippen molar-refractivity contribution in [2.24, 2.45) is 5.73 Å². The first-order chi connectivity index (χ1) is 13.3. The topological polar surface area (TPSA) is 110 Å². The molecule has 1 saturated heterocycles. The third-order valence-electron chi connectivity index (χ3n) is 4.51. The molecular formula is C19H21N3O5S. The predicted octanol–water partition coefficient (Wildman–Crippen LogP) is 1.19. The highest BCUT2D eigenvalue weighted by atomic mass is 32.2. The normalized spacial score (nSPS) is 17.9. The van der Waals surface area contributed by atoms with Gasteiger partial charge >= 0.3 is 0 Å². The summed E-state index contributed by atoms with van der Waals surface area (Å²) in [6, 6.07) is 13.9. The summed E-state index contributed by atoms with van der Waals surface area (Å²) in [6.45, 7) is 1.51. The second kappa shape index (κ2) is 7.99. The van der Waals surface area contributed by atoms with E-state index in [-0.39, 0.29) is 30.4 Å². The molecule has 1 aliphatic rings. The molecule has 148 valence electrons. The van der Waals surface area contributed by atoms with Gasteiger partial charge in [0, 0.05) is 26.6 Å². The Morgan fingerprint density at radius 1 is 1.00 bits per heavy atom. The largest absolute Gasteiger partial charge is 0.457 e. The van der Waals surface area contributed by atoms with E-state index in [2.05, 4.69) is 0 Å². The fourth-order valence-corrected chi connectivity index (χ4v) is 4.59. The molecule has 3 rings (SSSR count). The van der Waals surface area contributed by atoms with Crippen LogP contribution in [0, 0.1) is 0 Å². The van der Waals surface area contributed by atoms with Crippen LogP contribution < -0.4 is 10.5 Å². The minimum atomic E-state index is -3.96. The van der Waals surface area contributed by atoms with Crippen LogP contribution in [0.2, 0.25) is 0 Å². The molecule has 28 heavy (non-hydrogen) atoms. The lowest BCUT2D eigenvalue weighted by Gasteiger charge is -2.38. The monoisotopic (exact) mass is 403 g/mol. The van der Waals surface area contributed by atoms with Crippen LogP contribution in [0.3, 0.4) is 0 Å². The summed E-state index contributed by atoms with van der Waals surface area (Å²) < 4.78 is 32.8. The summed E-state index contributed by atoms with van der Waals surface area (Å²) >= 11 is 0. The number of nitrogens with two attached hydrogens (primary N) is 1. The average molecular weight is 403 g/mol. The lowest BCUT2D eigenvalue weighted by atomic mass is 10.2. The molecule has 1 heterocycles. The second-order valence-corrected chi connectivity index (χ2v) is 8.28. The molecule has 0 radical (unpaired) electrons. The summed E-state index contributed by atoms with van der Waals surface area (Å²) in [4.78, 5) is 24.8. The summed E-state index contributed by atoms with van der Waals surface area (Å²) in [6.07, 6.45) is 0. The van der Waals surface area contributed by atoms with Crippen LogP contribution in [-0.2, 0) is 19.6 Å². The molecule has 0 saturated carbocycles. The van der Waals surface area contributed by atoms with Crippen LogP contribution in [0.25, 0.3) is 0 Å².